The van der Waals surface area contributed by atoms with E-state index < -0.39 is 0 Å². The summed E-state index contributed by atoms with van der Waals surface area (Å²) in [5.41, 5.74) is 1.83. The molecule has 0 bridgehead atoms. The van der Waals surface area contributed by atoms with Crippen LogP contribution >= 0.6 is 11.3 Å². The van der Waals surface area contributed by atoms with Crippen molar-refractivity contribution in [1.82, 2.24) is 20.5 Å². The predicted octanol–water partition coefficient (Wildman–Crippen LogP) is 3.46. The fraction of sp³-hybridized carbons (Fsp3) is 0.500. The first-order valence-corrected chi connectivity index (χ1v) is 8.45. The Kier molecular flexibility index (Phi) is 5.30. The van der Waals surface area contributed by atoms with Gasteiger partial charge in [0.05, 0.1) is 10.7 Å². The van der Waals surface area contributed by atoms with Crippen molar-refractivity contribution in [2.24, 2.45) is 0 Å². The van der Waals surface area contributed by atoms with Gasteiger partial charge in [-0.25, -0.2) is 9.78 Å². The summed E-state index contributed by atoms with van der Waals surface area (Å²) < 4.78 is 0. The van der Waals surface area contributed by atoms with Gasteiger partial charge in [0.2, 0.25) is 0 Å². The van der Waals surface area contributed by atoms with Crippen molar-refractivity contribution >= 4 is 23.2 Å². The molecule has 0 aliphatic carbocycles. The lowest BCUT2D eigenvalue weighted by atomic mass is 9.92. The summed E-state index contributed by atoms with van der Waals surface area (Å²) >= 11 is 1.61. The van der Waals surface area contributed by atoms with Crippen molar-refractivity contribution < 1.29 is 4.79 Å². The van der Waals surface area contributed by atoms with Gasteiger partial charge in [0.1, 0.15) is 0 Å². The SMILES string of the molecule is Cc1csc([C@H](C)CNC(=O)Nc2ccc(C(C)(C)C)nn2)n1. The van der Waals surface area contributed by atoms with Crippen molar-refractivity contribution in [2.75, 3.05) is 11.9 Å². The minimum Gasteiger partial charge on any atom is -0.337 e. The summed E-state index contributed by atoms with van der Waals surface area (Å²) in [7, 11) is 0. The topological polar surface area (TPSA) is 79.8 Å². The first-order chi connectivity index (χ1) is 10.8. The number of carbonyl (C=O) groups is 1. The number of urea groups is 1. The van der Waals surface area contributed by atoms with Crippen LogP contribution in [0.1, 0.15) is 50.0 Å². The Morgan fingerprint density at radius 2 is 2.04 bits per heavy atom. The fourth-order valence-electron chi connectivity index (χ4n) is 1.89. The van der Waals surface area contributed by atoms with Crippen LogP contribution in [0.2, 0.25) is 0 Å². The van der Waals surface area contributed by atoms with Crippen LogP contribution in [0.25, 0.3) is 0 Å². The van der Waals surface area contributed by atoms with Crippen LogP contribution in [0.15, 0.2) is 17.5 Å². The molecule has 1 atom stereocenters. The van der Waals surface area contributed by atoms with Gasteiger partial charge in [0, 0.05) is 29.0 Å². The Balaban J connectivity index is 1.85. The quantitative estimate of drug-likeness (QED) is 0.898. The largest absolute Gasteiger partial charge is 0.337 e. The van der Waals surface area contributed by atoms with E-state index in [0.717, 1.165) is 16.4 Å². The van der Waals surface area contributed by atoms with Gasteiger partial charge in [0.15, 0.2) is 5.82 Å². The Morgan fingerprint density at radius 1 is 1.30 bits per heavy atom. The number of hydrogen-bond donors (Lipinski definition) is 2. The highest BCUT2D eigenvalue weighted by Gasteiger charge is 2.16. The summed E-state index contributed by atoms with van der Waals surface area (Å²) in [5.74, 6) is 0.613. The van der Waals surface area contributed by atoms with Gasteiger partial charge in [-0.1, -0.05) is 27.7 Å². The molecule has 0 radical (unpaired) electrons. The van der Waals surface area contributed by atoms with E-state index in [-0.39, 0.29) is 17.4 Å². The van der Waals surface area contributed by atoms with Gasteiger partial charge >= 0.3 is 6.03 Å². The Bertz CT molecular complexity index is 660. The van der Waals surface area contributed by atoms with E-state index in [4.69, 9.17) is 0 Å². The van der Waals surface area contributed by atoms with Crippen LogP contribution in [0, 0.1) is 6.92 Å². The van der Waals surface area contributed by atoms with Crippen LogP contribution in [0.3, 0.4) is 0 Å². The zero-order valence-corrected chi connectivity index (χ0v) is 15.0. The molecule has 0 saturated carbocycles. The highest BCUT2D eigenvalue weighted by Crippen LogP contribution is 2.20. The Morgan fingerprint density at radius 3 is 2.57 bits per heavy atom. The number of nitrogens with zero attached hydrogens (tertiary/aromatic N) is 3. The van der Waals surface area contributed by atoms with E-state index in [9.17, 15) is 4.79 Å². The highest BCUT2D eigenvalue weighted by atomic mass is 32.1. The molecule has 6 nitrogen and oxygen atoms in total. The lowest BCUT2D eigenvalue weighted by Gasteiger charge is -2.16. The van der Waals surface area contributed by atoms with Crippen molar-refractivity contribution in [3.8, 4) is 0 Å². The van der Waals surface area contributed by atoms with Crippen molar-refractivity contribution in [3.05, 3.63) is 33.9 Å². The van der Waals surface area contributed by atoms with Gasteiger partial charge in [-0.15, -0.1) is 16.4 Å². The zero-order chi connectivity index (χ0) is 17.0. The number of aryl methyl sites for hydroxylation is 1. The molecule has 0 aliphatic rings. The number of nitrogens with one attached hydrogen (secondary N) is 2. The van der Waals surface area contributed by atoms with Gasteiger partial charge in [-0.2, -0.15) is 5.10 Å². The highest BCUT2D eigenvalue weighted by molar-refractivity contribution is 7.09. The van der Waals surface area contributed by atoms with Crippen molar-refractivity contribution in [2.45, 2.75) is 46.0 Å². The normalized spacial score (nSPS) is 12.7. The van der Waals surface area contributed by atoms with Crippen LogP contribution in [0.5, 0.6) is 0 Å². The van der Waals surface area contributed by atoms with Gasteiger partial charge < -0.3 is 5.32 Å². The molecule has 2 heterocycles. The maximum absolute atomic E-state index is 11.9. The van der Waals surface area contributed by atoms with Crippen molar-refractivity contribution in [1.29, 1.82) is 0 Å². The fourth-order valence-corrected chi connectivity index (χ4v) is 2.75. The summed E-state index contributed by atoms with van der Waals surface area (Å²) in [6.07, 6.45) is 0. The van der Waals surface area contributed by atoms with E-state index in [1.807, 2.05) is 25.3 Å². The first kappa shape index (κ1) is 17.3. The van der Waals surface area contributed by atoms with Crippen LogP contribution < -0.4 is 10.6 Å². The van der Waals surface area contributed by atoms with Crippen molar-refractivity contribution in [3.63, 3.8) is 0 Å². The van der Waals surface area contributed by atoms with Crippen LogP contribution in [0.4, 0.5) is 10.6 Å². The molecule has 23 heavy (non-hydrogen) atoms. The number of hydrogen-bond acceptors (Lipinski definition) is 5. The van der Waals surface area contributed by atoms with Crippen LogP contribution in [-0.2, 0) is 5.41 Å². The number of aromatic nitrogens is 3. The maximum atomic E-state index is 11.9. The minimum absolute atomic E-state index is 0.0605. The third-order valence-electron chi connectivity index (χ3n) is 3.30. The minimum atomic E-state index is -0.289. The molecule has 124 valence electrons. The molecule has 0 fully saturated rings. The lowest BCUT2D eigenvalue weighted by Crippen LogP contribution is -2.32. The second-order valence-electron chi connectivity index (χ2n) is 6.62. The molecular weight excluding hydrogens is 310 g/mol. The second-order valence-corrected chi connectivity index (χ2v) is 7.51. The van der Waals surface area contributed by atoms with E-state index in [2.05, 4.69) is 46.6 Å². The molecule has 0 saturated heterocycles. The Hall–Kier alpha value is -2.02. The molecule has 0 unspecified atom stereocenters. The number of carbonyl (C=O) groups excluding carboxylic acids is 1. The summed E-state index contributed by atoms with van der Waals surface area (Å²) in [5, 5.41) is 16.8. The molecule has 2 amide bonds. The summed E-state index contributed by atoms with van der Waals surface area (Å²) in [6.45, 7) is 10.7. The molecule has 2 rings (SSSR count). The standard InChI is InChI=1S/C16H23N5OS/c1-10(14-18-11(2)9-23-14)8-17-15(22)19-13-7-6-12(20-21-13)16(3,4)5/h6-7,9-10H,8H2,1-5H3,(H2,17,19,21,22)/t10-/m1/s1. The smallest absolute Gasteiger partial charge is 0.320 e. The molecule has 0 aliphatic heterocycles. The van der Waals surface area contributed by atoms with Gasteiger partial charge in [-0.05, 0) is 19.1 Å². The maximum Gasteiger partial charge on any atom is 0.320 e. The van der Waals surface area contributed by atoms with Gasteiger partial charge in [-0.3, -0.25) is 5.32 Å². The lowest BCUT2D eigenvalue weighted by molar-refractivity contribution is 0.251. The monoisotopic (exact) mass is 333 g/mol. The van der Waals surface area contributed by atoms with Crippen LogP contribution in [-0.4, -0.2) is 27.8 Å². The molecule has 7 heteroatoms. The van der Waals surface area contributed by atoms with Gasteiger partial charge in [0.25, 0.3) is 0 Å². The number of anilines is 1. The number of amides is 2. The van der Waals surface area contributed by atoms with E-state index in [0.29, 0.717) is 12.4 Å². The molecular formula is C16H23N5OS. The summed E-state index contributed by atoms with van der Waals surface area (Å²) in [6, 6.07) is 3.35. The number of thiazole rings is 1. The molecule has 0 aromatic carbocycles. The predicted molar refractivity (Wildman–Crippen MR) is 93.0 cm³/mol. The van der Waals surface area contributed by atoms with E-state index in [1.165, 1.54) is 0 Å². The average Bonchev–Trinajstić information content (AvgIpc) is 2.91. The Labute approximate surface area is 140 Å². The number of rotatable bonds is 4. The molecule has 2 aromatic heterocycles. The first-order valence-electron chi connectivity index (χ1n) is 7.57. The van der Waals surface area contributed by atoms with E-state index in [1.54, 1.807) is 17.4 Å². The third-order valence-corrected chi connectivity index (χ3v) is 4.50. The average molecular weight is 333 g/mol. The molecule has 2 N–H and O–H groups in total. The third kappa shape index (κ3) is 4.99. The van der Waals surface area contributed by atoms with E-state index >= 15 is 0 Å². The summed E-state index contributed by atoms with van der Waals surface area (Å²) in [4.78, 5) is 16.4. The molecule has 0 spiro atoms. The second kappa shape index (κ2) is 7.04. The zero-order valence-electron chi connectivity index (χ0n) is 14.2. The molecule has 2 aromatic rings.